The standard InChI is InChI=1S/C11H11Cl2N3O3/c12-8-4-7(9(13)15-14-8)10(17)16-3-1-2-6(5-16)11(18)19/h4,6H,1-3,5H2,(H,18,19)/t6-/m0/s1. The molecule has 0 bridgehead atoms. The number of rotatable bonds is 2. The normalized spacial score (nSPS) is 19.3. The van der Waals surface area contributed by atoms with Crippen molar-refractivity contribution >= 4 is 35.1 Å². The first-order valence-corrected chi connectivity index (χ1v) is 6.45. The van der Waals surface area contributed by atoms with Crippen LogP contribution in [0.1, 0.15) is 23.2 Å². The van der Waals surface area contributed by atoms with Crippen LogP contribution in [0.25, 0.3) is 0 Å². The van der Waals surface area contributed by atoms with Crippen molar-refractivity contribution in [3.8, 4) is 0 Å². The lowest BCUT2D eigenvalue weighted by Gasteiger charge is -2.30. The minimum atomic E-state index is -0.894. The van der Waals surface area contributed by atoms with Crippen molar-refractivity contribution in [2.24, 2.45) is 5.92 Å². The van der Waals surface area contributed by atoms with Gasteiger partial charge in [-0.1, -0.05) is 23.2 Å². The molecule has 0 spiro atoms. The van der Waals surface area contributed by atoms with Crippen LogP contribution in [0, 0.1) is 5.92 Å². The molecule has 1 aliphatic rings. The van der Waals surface area contributed by atoms with Gasteiger partial charge in [0.2, 0.25) is 0 Å². The van der Waals surface area contributed by atoms with Crippen molar-refractivity contribution in [1.29, 1.82) is 0 Å². The van der Waals surface area contributed by atoms with Crippen molar-refractivity contribution in [3.05, 3.63) is 21.9 Å². The molecule has 2 heterocycles. The number of piperidine rings is 1. The average molecular weight is 304 g/mol. The largest absolute Gasteiger partial charge is 0.481 e. The topological polar surface area (TPSA) is 83.4 Å². The molecule has 0 aliphatic carbocycles. The van der Waals surface area contributed by atoms with Crippen LogP contribution in [0.5, 0.6) is 0 Å². The van der Waals surface area contributed by atoms with E-state index in [2.05, 4.69) is 10.2 Å². The average Bonchev–Trinajstić information content (AvgIpc) is 2.41. The lowest BCUT2D eigenvalue weighted by Crippen LogP contribution is -2.42. The van der Waals surface area contributed by atoms with E-state index in [1.165, 1.54) is 11.0 Å². The minimum Gasteiger partial charge on any atom is -0.481 e. The predicted octanol–water partition coefficient (Wildman–Crippen LogP) is 1.72. The molecule has 0 saturated carbocycles. The van der Waals surface area contributed by atoms with Gasteiger partial charge in [-0.15, -0.1) is 10.2 Å². The SMILES string of the molecule is O=C(O)[C@H]1CCCN(C(=O)c2cc(Cl)nnc2Cl)C1. The number of amides is 1. The summed E-state index contributed by atoms with van der Waals surface area (Å²) in [5.74, 6) is -1.80. The third-order valence-corrected chi connectivity index (χ3v) is 3.47. The third-order valence-electron chi connectivity index (χ3n) is 3.01. The Labute approximate surface area is 119 Å². The van der Waals surface area contributed by atoms with E-state index in [9.17, 15) is 9.59 Å². The van der Waals surface area contributed by atoms with Gasteiger partial charge in [0.25, 0.3) is 5.91 Å². The Balaban J connectivity index is 2.19. The Hall–Kier alpha value is -1.40. The van der Waals surface area contributed by atoms with E-state index in [1.807, 2.05) is 0 Å². The molecule has 1 N–H and O–H groups in total. The van der Waals surface area contributed by atoms with Crippen LogP contribution >= 0.6 is 23.2 Å². The number of carboxylic acids is 1. The molecule has 19 heavy (non-hydrogen) atoms. The number of halogens is 2. The van der Waals surface area contributed by atoms with E-state index in [0.29, 0.717) is 19.4 Å². The van der Waals surface area contributed by atoms with Crippen LogP contribution in [-0.2, 0) is 4.79 Å². The molecule has 1 aromatic rings. The van der Waals surface area contributed by atoms with Gasteiger partial charge in [-0.3, -0.25) is 9.59 Å². The number of nitrogens with zero attached hydrogens (tertiary/aromatic N) is 3. The molecule has 0 radical (unpaired) electrons. The van der Waals surface area contributed by atoms with E-state index in [4.69, 9.17) is 28.3 Å². The van der Waals surface area contributed by atoms with Crippen molar-refractivity contribution < 1.29 is 14.7 Å². The number of hydrogen-bond acceptors (Lipinski definition) is 4. The van der Waals surface area contributed by atoms with Crippen LogP contribution in [0.3, 0.4) is 0 Å². The second-order valence-electron chi connectivity index (χ2n) is 4.30. The molecule has 2 rings (SSSR count). The summed E-state index contributed by atoms with van der Waals surface area (Å²) in [6.07, 6.45) is 1.22. The molecule has 1 aromatic heterocycles. The van der Waals surface area contributed by atoms with Crippen LogP contribution in [0.15, 0.2) is 6.07 Å². The summed E-state index contributed by atoms with van der Waals surface area (Å²) in [4.78, 5) is 24.7. The smallest absolute Gasteiger partial charge is 0.308 e. The highest BCUT2D eigenvalue weighted by Gasteiger charge is 2.29. The monoisotopic (exact) mass is 303 g/mol. The summed E-state index contributed by atoms with van der Waals surface area (Å²) in [6, 6.07) is 1.34. The van der Waals surface area contributed by atoms with Gasteiger partial charge in [-0.2, -0.15) is 0 Å². The van der Waals surface area contributed by atoms with Crippen molar-refractivity contribution in [2.45, 2.75) is 12.8 Å². The van der Waals surface area contributed by atoms with Crippen molar-refractivity contribution in [2.75, 3.05) is 13.1 Å². The van der Waals surface area contributed by atoms with Crippen LogP contribution in [0.4, 0.5) is 0 Å². The lowest BCUT2D eigenvalue weighted by atomic mass is 9.98. The first-order valence-electron chi connectivity index (χ1n) is 5.70. The van der Waals surface area contributed by atoms with Gasteiger partial charge in [0.15, 0.2) is 10.3 Å². The number of hydrogen-bond donors (Lipinski definition) is 1. The highest BCUT2D eigenvalue weighted by molar-refractivity contribution is 6.34. The Morgan fingerprint density at radius 2 is 2.11 bits per heavy atom. The van der Waals surface area contributed by atoms with E-state index >= 15 is 0 Å². The Morgan fingerprint density at radius 3 is 2.79 bits per heavy atom. The first kappa shape index (κ1) is 14.0. The maximum atomic E-state index is 12.3. The fraction of sp³-hybridized carbons (Fsp3) is 0.455. The van der Waals surface area contributed by atoms with E-state index in [1.54, 1.807) is 0 Å². The third kappa shape index (κ3) is 3.13. The number of carbonyl (C=O) groups is 2. The van der Waals surface area contributed by atoms with Crippen LogP contribution < -0.4 is 0 Å². The van der Waals surface area contributed by atoms with Gasteiger partial charge in [-0.05, 0) is 18.9 Å². The molecule has 1 saturated heterocycles. The zero-order valence-electron chi connectivity index (χ0n) is 9.84. The number of carboxylic acid groups (broad SMARTS) is 1. The van der Waals surface area contributed by atoms with Gasteiger partial charge >= 0.3 is 5.97 Å². The summed E-state index contributed by atoms with van der Waals surface area (Å²) in [6.45, 7) is 0.670. The predicted molar refractivity (Wildman–Crippen MR) is 68.3 cm³/mol. The number of aromatic nitrogens is 2. The van der Waals surface area contributed by atoms with E-state index in [0.717, 1.165) is 0 Å². The second kappa shape index (κ2) is 5.71. The van der Waals surface area contributed by atoms with E-state index in [-0.39, 0.29) is 28.3 Å². The Bertz CT molecular complexity index is 524. The molecule has 1 fully saturated rings. The molecule has 6 nitrogen and oxygen atoms in total. The van der Waals surface area contributed by atoms with Gasteiger partial charge in [0.05, 0.1) is 11.5 Å². The van der Waals surface area contributed by atoms with E-state index < -0.39 is 11.9 Å². The molecule has 1 atom stereocenters. The van der Waals surface area contributed by atoms with Gasteiger partial charge in [0, 0.05) is 13.1 Å². The van der Waals surface area contributed by atoms with Crippen LogP contribution in [0.2, 0.25) is 10.3 Å². The molecule has 102 valence electrons. The zero-order valence-corrected chi connectivity index (χ0v) is 11.4. The fourth-order valence-electron chi connectivity index (χ4n) is 2.04. The molecule has 1 amide bonds. The number of carbonyl (C=O) groups excluding carboxylic acids is 1. The maximum absolute atomic E-state index is 12.3. The first-order chi connectivity index (χ1) is 8.99. The molecular weight excluding hydrogens is 293 g/mol. The molecular formula is C11H11Cl2N3O3. The Morgan fingerprint density at radius 1 is 1.37 bits per heavy atom. The summed E-state index contributed by atoms with van der Waals surface area (Å²) in [5, 5.41) is 16.1. The minimum absolute atomic E-state index is 0.0353. The number of likely N-dealkylation sites (tertiary alicyclic amines) is 1. The summed E-state index contributed by atoms with van der Waals surface area (Å²) in [7, 11) is 0. The van der Waals surface area contributed by atoms with Gasteiger partial charge in [0.1, 0.15) is 0 Å². The molecule has 1 aliphatic heterocycles. The highest BCUT2D eigenvalue weighted by atomic mass is 35.5. The fourth-order valence-corrected chi connectivity index (χ4v) is 2.36. The second-order valence-corrected chi connectivity index (χ2v) is 5.05. The summed E-state index contributed by atoms with van der Waals surface area (Å²) < 4.78 is 0. The quantitative estimate of drug-likeness (QED) is 0.899. The maximum Gasteiger partial charge on any atom is 0.308 e. The molecule has 0 aromatic carbocycles. The summed E-state index contributed by atoms with van der Waals surface area (Å²) in [5.41, 5.74) is 0.146. The molecule has 8 heteroatoms. The Kier molecular flexibility index (Phi) is 4.21. The van der Waals surface area contributed by atoms with Gasteiger partial charge < -0.3 is 10.0 Å². The van der Waals surface area contributed by atoms with Crippen molar-refractivity contribution in [1.82, 2.24) is 15.1 Å². The number of aliphatic carboxylic acids is 1. The molecule has 0 unspecified atom stereocenters. The van der Waals surface area contributed by atoms with Gasteiger partial charge in [-0.25, -0.2) is 0 Å². The highest BCUT2D eigenvalue weighted by Crippen LogP contribution is 2.22. The van der Waals surface area contributed by atoms with Crippen molar-refractivity contribution in [3.63, 3.8) is 0 Å². The van der Waals surface area contributed by atoms with Crippen LogP contribution in [-0.4, -0.2) is 45.2 Å². The lowest BCUT2D eigenvalue weighted by molar-refractivity contribution is -0.143. The zero-order chi connectivity index (χ0) is 14.0. The summed E-state index contributed by atoms with van der Waals surface area (Å²) >= 11 is 11.5.